The molecule has 0 bridgehead atoms. The molecule has 0 N–H and O–H groups in total. The molecule has 0 radical (unpaired) electrons. The van der Waals surface area contributed by atoms with Crippen LogP contribution in [-0.2, 0) is 31.6 Å². The third kappa shape index (κ3) is 7.79. The van der Waals surface area contributed by atoms with E-state index in [4.69, 9.17) is 4.74 Å². The highest BCUT2D eigenvalue weighted by atomic mass is 35.5. The second-order valence-corrected chi connectivity index (χ2v) is 14.0. The van der Waals surface area contributed by atoms with Crippen LogP contribution in [-0.4, -0.2) is 101 Å². The van der Waals surface area contributed by atoms with Crippen molar-refractivity contribution in [3.63, 3.8) is 0 Å². The number of sulfonamides is 1. The van der Waals surface area contributed by atoms with Crippen molar-refractivity contribution in [2.24, 2.45) is 5.92 Å². The van der Waals surface area contributed by atoms with Crippen molar-refractivity contribution in [3.8, 4) is 0 Å². The molecule has 0 aliphatic carbocycles. The van der Waals surface area contributed by atoms with Gasteiger partial charge in [-0.3, -0.25) is 14.0 Å². The zero-order valence-corrected chi connectivity index (χ0v) is 27.4. The number of anilines is 1. The number of nitrogens with zero attached hydrogens (tertiary/aromatic N) is 4. The fraction of sp³-hybridized carbons (Fsp3) is 0.581. The van der Waals surface area contributed by atoms with E-state index in [2.05, 4.69) is 30.0 Å². The molecule has 3 heterocycles. The van der Waals surface area contributed by atoms with Crippen molar-refractivity contribution in [1.82, 2.24) is 14.7 Å². The highest BCUT2D eigenvalue weighted by Gasteiger charge is 2.48. The molecule has 42 heavy (non-hydrogen) atoms. The summed E-state index contributed by atoms with van der Waals surface area (Å²) in [6.07, 6.45) is 5.07. The van der Waals surface area contributed by atoms with Gasteiger partial charge in [-0.2, -0.15) is 0 Å². The monoisotopic (exact) mass is 640 g/mol. The van der Waals surface area contributed by atoms with Crippen LogP contribution in [0.25, 0.3) is 0 Å². The molecule has 3 aliphatic heterocycles. The molecule has 0 unspecified atom stereocenters. The average Bonchev–Trinajstić information content (AvgIpc) is 3.27. The van der Waals surface area contributed by atoms with E-state index < -0.39 is 10.0 Å². The summed E-state index contributed by atoms with van der Waals surface area (Å²) in [6.45, 7) is 5.59. The Morgan fingerprint density at radius 1 is 1.00 bits per heavy atom. The van der Waals surface area contributed by atoms with Gasteiger partial charge >= 0.3 is 0 Å². The number of fused-ring (bicyclic) bond motifs is 2. The lowest BCUT2D eigenvalue weighted by Crippen LogP contribution is -2.55. The summed E-state index contributed by atoms with van der Waals surface area (Å²) >= 11 is 0. The number of amides is 1. The highest BCUT2D eigenvalue weighted by molar-refractivity contribution is 7.92. The predicted molar refractivity (Wildman–Crippen MR) is 173 cm³/mol. The van der Waals surface area contributed by atoms with Crippen LogP contribution in [0.2, 0.25) is 0 Å². The largest absolute Gasteiger partial charge is 0.375 e. The molecule has 8 nitrogen and oxygen atoms in total. The Balaban J connectivity index is 0.00000242. The summed E-state index contributed by atoms with van der Waals surface area (Å²) in [5.74, 6) is 0.691. The van der Waals surface area contributed by atoms with Crippen LogP contribution < -0.4 is 4.31 Å². The summed E-state index contributed by atoms with van der Waals surface area (Å²) in [5, 5.41) is 0. The van der Waals surface area contributed by atoms with Crippen molar-refractivity contribution in [3.05, 3.63) is 65.7 Å². The van der Waals surface area contributed by atoms with E-state index in [1.807, 2.05) is 53.4 Å². The maximum atomic E-state index is 14.0. The number of hydrogen-bond donors (Lipinski definition) is 0. The second kappa shape index (κ2) is 14.7. The quantitative estimate of drug-likeness (QED) is 0.412. The zero-order chi connectivity index (χ0) is 28.3. The highest BCUT2D eigenvalue weighted by Crippen LogP contribution is 2.47. The van der Waals surface area contributed by atoms with Crippen LogP contribution >= 0.6 is 24.8 Å². The van der Waals surface area contributed by atoms with E-state index in [1.165, 1.54) is 6.26 Å². The molecule has 234 valence electrons. The van der Waals surface area contributed by atoms with Crippen LogP contribution in [0.5, 0.6) is 0 Å². The molecule has 2 fully saturated rings. The van der Waals surface area contributed by atoms with Gasteiger partial charge in [-0.25, -0.2) is 8.42 Å². The number of likely N-dealkylation sites (tertiary alicyclic amines) is 2. The number of halogens is 2. The molecule has 0 saturated carbocycles. The number of benzene rings is 2. The van der Waals surface area contributed by atoms with Gasteiger partial charge in [-0.05, 0) is 76.0 Å². The standard InChI is InChI=1S/C31H44N4O4S.2ClH/c1-32-17-13-25(14-18-32)21-33(2)29(23-39-22-26-9-5-4-6-10-26)30(36)34-19-15-31(16-20-34)24-35(40(3,37)38)28-12-8-7-11-27(28)31;;/h4-12,25,29H,13-24H2,1-3H3;2*1H/t29-;;/m1../s1. The SMILES string of the molecule is CN1CCC(CN(C)[C@H](COCc2ccccc2)C(=O)N2CCC3(CC2)CN(S(C)(=O)=O)c2ccccc23)CC1.Cl.Cl. The third-order valence-electron chi connectivity index (χ3n) is 9.21. The van der Waals surface area contributed by atoms with Gasteiger partial charge in [-0.1, -0.05) is 48.5 Å². The van der Waals surface area contributed by atoms with E-state index in [9.17, 15) is 13.2 Å². The topological polar surface area (TPSA) is 73.4 Å². The lowest BCUT2D eigenvalue weighted by molar-refractivity contribution is -0.141. The van der Waals surface area contributed by atoms with Gasteiger partial charge in [-0.15, -0.1) is 24.8 Å². The average molecular weight is 642 g/mol. The smallest absolute Gasteiger partial charge is 0.242 e. The van der Waals surface area contributed by atoms with Gasteiger partial charge in [0.05, 0.1) is 25.2 Å². The molecule has 11 heteroatoms. The van der Waals surface area contributed by atoms with E-state index in [1.54, 1.807) is 4.31 Å². The molecular weight excluding hydrogens is 595 g/mol. The van der Waals surface area contributed by atoms with Gasteiger partial charge in [0.15, 0.2) is 0 Å². The van der Waals surface area contributed by atoms with Crippen molar-refractivity contribution in [2.45, 2.75) is 43.7 Å². The Hall–Kier alpha value is -1.88. The van der Waals surface area contributed by atoms with Crippen molar-refractivity contribution in [1.29, 1.82) is 0 Å². The molecule has 5 rings (SSSR count). The molecule has 3 aliphatic rings. The van der Waals surface area contributed by atoms with E-state index >= 15 is 0 Å². The minimum Gasteiger partial charge on any atom is -0.375 e. The Labute approximate surface area is 264 Å². The Bertz CT molecular complexity index is 1270. The zero-order valence-electron chi connectivity index (χ0n) is 25.0. The molecule has 0 aromatic heterocycles. The minimum absolute atomic E-state index is 0. The first-order chi connectivity index (χ1) is 19.2. The van der Waals surface area contributed by atoms with Crippen LogP contribution in [0.1, 0.15) is 36.8 Å². The van der Waals surface area contributed by atoms with Crippen LogP contribution in [0, 0.1) is 5.92 Å². The third-order valence-corrected chi connectivity index (χ3v) is 10.3. The maximum absolute atomic E-state index is 14.0. The lowest BCUT2D eigenvalue weighted by Gasteiger charge is -2.42. The van der Waals surface area contributed by atoms with Gasteiger partial charge in [0.25, 0.3) is 0 Å². The Morgan fingerprint density at radius 2 is 1.62 bits per heavy atom. The summed E-state index contributed by atoms with van der Waals surface area (Å²) in [6, 6.07) is 17.6. The fourth-order valence-electron chi connectivity index (χ4n) is 6.70. The van der Waals surface area contributed by atoms with E-state index in [0.717, 1.165) is 62.1 Å². The number of carbonyl (C=O) groups is 1. The van der Waals surface area contributed by atoms with E-state index in [0.29, 0.717) is 38.8 Å². The van der Waals surface area contributed by atoms with Crippen LogP contribution in [0.3, 0.4) is 0 Å². The first kappa shape index (κ1) is 34.6. The van der Waals surface area contributed by atoms with Gasteiger partial charge in [0.1, 0.15) is 6.04 Å². The number of likely N-dealkylation sites (N-methyl/N-ethyl adjacent to an activating group) is 1. The number of hydrogen-bond acceptors (Lipinski definition) is 6. The number of carbonyl (C=O) groups excluding carboxylic acids is 1. The van der Waals surface area contributed by atoms with Gasteiger partial charge in [0.2, 0.25) is 15.9 Å². The number of rotatable bonds is 9. The number of piperidine rings is 2. The van der Waals surface area contributed by atoms with Crippen molar-refractivity contribution in [2.75, 3.05) is 70.5 Å². The predicted octanol–water partition coefficient (Wildman–Crippen LogP) is 4.03. The first-order valence-corrected chi connectivity index (χ1v) is 16.4. The normalized spacial score (nSPS) is 19.7. The van der Waals surface area contributed by atoms with Crippen LogP contribution in [0.4, 0.5) is 5.69 Å². The maximum Gasteiger partial charge on any atom is 0.242 e. The summed E-state index contributed by atoms with van der Waals surface area (Å²) in [5.41, 5.74) is 2.72. The minimum atomic E-state index is -3.37. The molecule has 2 aromatic rings. The van der Waals surface area contributed by atoms with Crippen LogP contribution in [0.15, 0.2) is 54.6 Å². The summed E-state index contributed by atoms with van der Waals surface area (Å²) in [7, 11) is 0.866. The lowest BCUT2D eigenvalue weighted by atomic mass is 9.74. The number of ether oxygens (including phenoxy) is 1. The molecule has 1 spiro atoms. The van der Waals surface area contributed by atoms with Gasteiger partial charge < -0.3 is 14.5 Å². The second-order valence-electron chi connectivity index (χ2n) is 12.1. The van der Waals surface area contributed by atoms with Gasteiger partial charge in [0, 0.05) is 31.6 Å². The molecule has 2 saturated heterocycles. The summed E-state index contributed by atoms with van der Waals surface area (Å²) < 4.78 is 32.9. The Morgan fingerprint density at radius 3 is 2.26 bits per heavy atom. The molecular formula is C31H46Cl2N4O4S. The fourth-order valence-corrected chi connectivity index (χ4v) is 7.70. The van der Waals surface area contributed by atoms with Crippen molar-refractivity contribution >= 4 is 46.4 Å². The molecule has 2 aromatic carbocycles. The summed E-state index contributed by atoms with van der Waals surface area (Å²) in [4.78, 5) is 20.6. The van der Waals surface area contributed by atoms with Crippen molar-refractivity contribution < 1.29 is 17.9 Å². The first-order valence-electron chi connectivity index (χ1n) is 14.5. The number of para-hydroxylation sites is 1. The Kier molecular flexibility index (Phi) is 12.1. The molecule has 1 amide bonds. The van der Waals surface area contributed by atoms with E-state index in [-0.39, 0.29) is 42.2 Å². The molecule has 1 atom stereocenters.